The number of benzene rings is 1. The molecule has 94 valence electrons. The van der Waals surface area contributed by atoms with Crippen molar-refractivity contribution in [2.45, 2.75) is 34.1 Å². The van der Waals surface area contributed by atoms with Gasteiger partial charge in [-0.05, 0) is 38.3 Å². The van der Waals surface area contributed by atoms with Gasteiger partial charge in [0.1, 0.15) is 11.5 Å². The number of rotatable bonds is 3. The van der Waals surface area contributed by atoms with Gasteiger partial charge in [-0.1, -0.05) is 19.1 Å². The molecule has 0 amide bonds. The van der Waals surface area contributed by atoms with Crippen molar-refractivity contribution >= 4 is 12.2 Å². The lowest BCUT2D eigenvalue weighted by Crippen LogP contribution is -2.30. The van der Waals surface area contributed by atoms with Crippen LogP contribution in [0.3, 0.4) is 0 Å². The highest BCUT2D eigenvalue weighted by atomic mass is 16.5. The van der Waals surface area contributed by atoms with E-state index in [9.17, 15) is 0 Å². The van der Waals surface area contributed by atoms with E-state index in [0.29, 0.717) is 0 Å². The van der Waals surface area contributed by atoms with Crippen LogP contribution in [0.5, 0.6) is 11.5 Å². The van der Waals surface area contributed by atoms with Crippen molar-refractivity contribution in [1.82, 2.24) is 0 Å². The number of methoxy groups -OCH3 is 2. The third-order valence-electron chi connectivity index (χ3n) is 3.13. The molecule has 0 saturated carbocycles. The summed E-state index contributed by atoms with van der Waals surface area (Å²) in [5.41, 5.74) is 2.29. The van der Waals surface area contributed by atoms with E-state index in [-0.39, 0.29) is 0 Å². The van der Waals surface area contributed by atoms with E-state index in [0.717, 1.165) is 39.5 Å². The van der Waals surface area contributed by atoms with Gasteiger partial charge in [0.05, 0.1) is 14.2 Å². The summed E-state index contributed by atoms with van der Waals surface area (Å²) >= 11 is 0. The topological polar surface area (TPSA) is 18.5 Å². The van der Waals surface area contributed by atoms with Gasteiger partial charge in [0, 0.05) is 10.4 Å². The molecule has 0 aromatic heterocycles. The molecule has 2 nitrogen and oxygen atoms in total. The second-order valence-corrected chi connectivity index (χ2v) is 4.04. The first-order chi connectivity index (χ1) is 8.12. The Kier molecular flexibility index (Phi) is 4.62. The van der Waals surface area contributed by atoms with E-state index >= 15 is 0 Å². The Morgan fingerprint density at radius 1 is 0.941 bits per heavy atom. The van der Waals surface area contributed by atoms with Gasteiger partial charge in [-0.3, -0.25) is 0 Å². The molecule has 0 N–H and O–H groups in total. The summed E-state index contributed by atoms with van der Waals surface area (Å²) in [6.07, 6.45) is 5.24. The fourth-order valence-corrected chi connectivity index (χ4v) is 2.21. The normalized spacial score (nSPS) is 13.1. The highest BCUT2D eigenvalue weighted by Crippen LogP contribution is 2.22. The minimum Gasteiger partial charge on any atom is -0.496 e. The second-order valence-electron chi connectivity index (χ2n) is 4.04. The van der Waals surface area contributed by atoms with E-state index in [1.165, 1.54) is 0 Å². The maximum atomic E-state index is 5.54. The Hall–Kier alpha value is -1.44. The summed E-state index contributed by atoms with van der Waals surface area (Å²) in [4.78, 5) is 0. The van der Waals surface area contributed by atoms with Crippen molar-refractivity contribution in [2.24, 2.45) is 0 Å². The Bertz CT molecular complexity index is 513. The van der Waals surface area contributed by atoms with Gasteiger partial charge in [0.15, 0.2) is 0 Å². The van der Waals surface area contributed by atoms with Crippen molar-refractivity contribution < 1.29 is 9.47 Å². The second kappa shape index (κ2) is 5.76. The number of hydrogen-bond acceptors (Lipinski definition) is 2. The molecule has 0 aliphatic rings. The van der Waals surface area contributed by atoms with Gasteiger partial charge in [-0.2, -0.15) is 0 Å². The van der Waals surface area contributed by atoms with Crippen LogP contribution < -0.4 is 19.9 Å². The summed E-state index contributed by atoms with van der Waals surface area (Å²) in [5.74, 6) is 1.91. The molecular formula is C15H22O2. The number of ether oxygens (including phenoxy) is 2. The third kappa shape index (κ3) is 2.31. The van der Waals surface area contributed by atoms with Crippen molar-refractivity contribution in [3.63, 3.8) is 0 Å². The summed E-state index contributed by atoms with van der Waals surface area (Å²) in [6.45, 7) is 8.29. The molecular weight excluding hydrogens is 212 g/mol. The Balaban J connectivity index is 3.92. The van der Waals surface area contributed by atoms with Crippen LogP contribution in [0, 0.1) is 13.8 Å². The van der Waals surface area contributed by atoms with Gasteiger partial charge >= 0.3 is 0 Å². The van der Waals surface area contributed by atoms with Gasteiger partial charge in [0.25, 0.3) is 0 Å². The summed E-state index contributed by atoms with van der Waals surface area (Å²) in [5, 5.41) is 2.26. The zero-order valence-electron chi connectivity index (χ0n) is 11.7. The van der Waals surface area contributed by atoms with Crippen LogP contribution in [0.4, 0.5) is 0 Å². The molecule has 0 atom stereocenters. The smallest absolute Gasteiger partial charge is 0.129 e. The van der Waals surface area contributed by atoms with Gasteiger partial charge in [-0.25, -0.2) is 0 Å². The number of hydrogen-bond donors (Lipinski definition) is 0. The molecule has 0 aliphatic heterocycles. The first-order valence-electron chi connectivity index (χ1n) is 5.99. The first kappa shape index (κ1) is 13.6. The van der Waals surface area contributed by atoms with Gasteiger partial charge in [0.2, 0.25) is 0 Å². The first-order valence-corrected chi connectivity index (χ1v) is 5.99. The van der Waals surface area contributed by atoms with Crippen LogP contribution in [0.25, 0.3) is 12.2 Å². The molecule has 0 saturated heterocycles. The van der Waals surface area contributed by atoms with E-state index in [1.54, 1.807) is 14.2 Å². The predicted octanol–water partition coefficient (Wildman–Crippen LogP) is 2.31. The van der Waals surface area contributed by atoms with E-state index in [1.807, 2.05) is 6.92 Å². The van der Waals surface area contributed by atoms with Crippen molar-refractivity contribution in [1.29, 1.82) is 0 Å². The molecule has 0 heterocycles. The molecule has 0 radical (unpaired) electrons. The van der Waals surface area contributed by atoms with Crippen LogP contribution >= 0.6 is 0 Å². The zero-order valence-corrected chi connectivity index (χ0v) is 11.7. The highest BCUT2D eigenvalue weighted by molar-refractivity contribution is 5.54. The predicted molar refractivity (Wildman–Crippen MR) is 73.2 cm³/mol. The minimum atomic E-state index is 0.950. The SMILES string of the molecule is CC=c1c(OC)c(C)c(C)c(OC)c1=CCC. The highest BCUT2D eigenvalue weighted by Gasteiger charge is 2.11. The zero-order chi connectivity index (χ0) is 13.0. The van der Waals surface area contributed by atoms with Crippen LogP contribution in [0.1, 0.15) is 31.4 Å². The molecule has 1 aromatic rings. The fraction of sp³-hybridized carbons (Fsp3) is 0.467. The standard InChI is InChI=1S/C15H22O2/c1-7-9-13-12(8-2)14(16-5)10(3)11(4)15(13)17-6/h8-9H,7H2,1-6H3. The average molecular weight is 234 g/mol. The van der Waals surface area contributed by atoms with Crippen molar-refractivity contribution in [3.05, 3.63) is 21.6 Å². The fourth-order valence-electron chi connectivity index (χ4n) is 2.21. The maximum absolute atomic E-state index is 5.54. The van der Waals surface area contributed by atoms with Crippen LogP contribution in [0.2, 0.25) is 0 Å². The summed E-state index contributed by atoms with van der Waals surface area (Å²) in [6, 6.07) is 0. The van der Waals surface area contributed by atoms with Crippen LogP contribution in [-0.2, 0) is 0 Å². The van der Waals surface area contributed by atoms with Crippen LogP contribution in [0.15, 0.2) is 0 Å². The Labute approximate surface area is 104 Å². The molecule has 0 unspecified atom stereocenters. The molecule has 1 rings (SSSR count). The largest absolute Gasteiger partial charge is 0.496 e. The van der Waals surface area contributed by atoms with Gasteiger partial charge in [-0.15, -0.1) is 0 Å². The molecule has 0 spiro atoms. The maximum Gasteiger partial charge on any atom is 0.129 e. The molecule has 1 aromatic carbocycles. The lowest BCUT2D eigenvalue weighted by atomic mass is 10.0. The van der Waals surface area contributed by atoms with Gasteiger partial charge < -0.3 is 9.47 Å². The third-order valence-corrected chi connectivity index (χ3v) is 3.13. The minimum absolute atomic E-state index is 0.950. The lowest BCUT2D eigenvalue weighted by Gasteiger charge is -2.14. The quantitative estimate of drug-likeness (QED) is 0.799. The monoisotopic (exact) mass is 234 g/mol. The van der Waals surface area contributed by atoms with E-state index < -0.39 is 0 Å². The van der Waals surface area contributed by atoms with Crippen LogP contribution in [-0.4, -0.2) is 14.2 Å². The lowest BCUT2D eigenvalue weighted by molar-refractivity contribution is 0.391. The summed E-state index contributed by atoms with van der Waals surface area (Å²) < 4.78 is 11.1. The molecule has 2 heteroatoms. The van der Waals surface area contributed by atoms with E-state index in [2.05, 4.69) is 32.9 Å². The molecule has 0 aliphatic carbocycles. The van der Waals surface area contributed by atoms with E-state index in [4.69, 9.17) is 9.47 Å². The van der Waals surface area contributed by atoms with Crippen molar-refractivity contribution in [2.75, 3.05) is 14.2 Å². The molecule has 0 fully saturated rings. The molecule has 17 heavy (non-hydrogen) atoms. The Morgan fingerprint density at radius 2 is 1.41 bits per heavy atom. The average Bonchev–Trinajstić information content (AvgIpc) is 2.33. The van der Waals surface area contributed by atoms with Crippen molar-refractivity contribution in [3.8, 4) is 11.5 Å². The Morgan fingerprint density at radius 3 is 1.76 bits per heavy atom. The molecule has 0 bridgehead atoms. The summed E-state index contributed by atoms with van der Waals surface area (Å²) in [7, 11) is 3.44.